The number of piperazine rings is 1. The Hall–Kier alpha value is -1.16. The van der Waals surface area contributed by atoms with Crippen molar-refractivity contribution >= 4 is 35.9 Å². The van der Waals surface area contributed by atoms with Crippen molar-refractivity contribution in [1.82, 2.24) is 20.2 Å². The molecule has 1 aliphatic heterocycles. The second kappa shape index (κ2) is 11.5. The Morgan fingerprint density at radius 2 is 1.96 bits per heavy atom. The van der Waals surface area contributed by atoms with Gasteiger partial charge in [-0.1, -0.05) is 0 Å². The average molecular weight is 474 g/mol. The Morgan fingerprint density at radius 1 is 1.23 bits per heavy atom. The van der Waals surface area contributed by atoms with Crippen LogP contribution in [0.2, 0.25) is 0 Å². The van der Waals surface area contributed by atoms with Gasteiger partial charge in [-0.25, -0.2) is 9.97 Å². The van der Waals surface area contributed by atoms with E-state index in [-0.39, 0.29) is 24.0 Å². The fourth-order valence-corrected chi connectivity index (χ4v) is 2.88. The van der Waals surface area contributed by atoms with Crippen LogP contribution in [-0.2, 0) is 4.74 Å². The first-order valence-corrected chi connectivity index (χ1v) is 9.49. The lowest BCUT2D eigenvalue weighted by Crippen LogP contribution is -2.53. The monoisotopic (exact) mass is 474 g/mol. The third-order valence-corrected chi connectivity index (χ3v) is 4.51. The highest BCUT2D eigenvalue weighted by Crippen LogP contribution is 2.28. The van der Waals surface area contributed by atoms with Crippen molar-refractivity contribution in [2.75, 3.05) is 57.4 Å². The van der Waals surface area contributed by atoms with E-state index in [1.165, 1.54) is 12.8 Å². The molecule has 1 saturated heterocycles. The van der Waals surface area contributed by atoms with Crippen molar-refractivity contribution < 1.29 is 4.74 Å². The summed E-state index contributed by atoms with van der Waals surface area (Å²) in [5.41, 5.74) is 0. The molecule has 0 aromatic carbocycles. The summed E-state index contributed by atoms with van der Waals surface area (Å²) in [6.07, 6.45) is 7.28. The Bertz CT molecular complexity index is 532. The third-order valence-electron chi connectivity index (χ3n) is 4.51. The normalized spacial score (nSPS) is 17.8. The number of aromatic nitrogens is 2. The summed E-state index contributed by atoms with van der Waals surface area (Å²) < 4.78 is 5.68. The van der Waals surface area contributed by atoms with Crippen LogP contribution in [0.15, 0.2) is 23.5 Å². The number of rotatable bonds is 8. The van der Waals surface area contributed by atoms with Crippen LogP contribution in [0.25, 0.3) is 0 Å². The second-order valence-corrected chi connectivity index (χ2v) is 6.63. The summed E-state index contributed by atoms with van der Waals surface area (Å²) in [4.78, 5) is 18.0. The predicted octanol–water partition coefficient (Wildman–Crippen LogP) is 2.00. The highest BCUT2D eigenvalue weighted by atomic mass is 127. The van der Waals surface area contributed by atoms with Crippen LogP contribution in [0.1, 0.15) is 26.2 Å². The van der Waals surface area contributed by atoms with Gasteiger partial charge in [-0.3, -0.25) is 4.99 Å². The Kier molecular flexibility index (Phi) is 9.38. The fraction of sp³-hybridized carbons (Fsp3) is 0.722. The Morgan fingerprint density at radius 3 is 2.62 bits per heavy atom. The Labute approximate surface area is 173 Å². The SMILES string of the molecule is CCNC(=NCCCOCC1CC1)N1CCN(c2ncccn2)CC1.I. The number of ether oxygens (including phenoxy) is 1. The second-order valence-electron chi connectivity index (χ2n) is 6.63. The van der Waals surface area contributed by atoms with Crippen LogP contribution in [-0.4, -0.2) is 73.3 Å². The average Bonchev–Trinajstić information content (AvgIpc) is 3.49. The number of hydrogen-bond donors (Lipinski definition) is 1. The first-order valence-electron chi connectivity index (χ1n) is 9.49. The van der Waals surface area contributed by atoms with Gasteiger partial charge in [0.05, 0.1) is 0 Å². The topological polar surface area (TPSA) is 65.9 Å². The zero-order valence-electron chi connectivity index (χ0n) is 15.6. The molecule has 1 N–H and O–H groups in total. The molecule has 1 aromatic heterocycles. The Balaban J connectivity index is 0.00000243. The minimum absolute atomic E-state index is 0. The minimum atomic E-state index is 0. The smallest absolute Gasteiger partial charge is 0.225 e. The van der Waals surface area contributed by atoms with E-state index in [2.05, 4.69) is 32.0 Å². The molecular formula is C18H31IN6O. The van der Waals surface area contributed by atoms with Crippen molar-refractivity contribution in [3.63, 3.8) is 0 Å². The van der Waals surface area contributed by atoms with E-state index in [4.69, 9.17) is 9.73 Å². The molecule has 8 heteroatoms. The van der Waals surface area contributed by atoms with Crippen LogP contribution in [0.3, 0.4) is 0 Å². The molecule has 2 heterocycles. The lowest BCUT2D eigenvalue weighted by atomic mass is 10.3. The van der Waals surface area contributed by atoms with E-state index in [1.807, 2.05) is 6.07 Å². The number of guanidine groups is 1. The van der Waals surface area contributed by atoms with Gasteiger partial charge in [0.1, 0.15) is 0 Å². The van der Waals surface area contributed by atoms with Crippen LogP contribution in [0.4, 0.5) is 5.95 Å². The number of halogens is 1. The summed E-state index contributed by atoms with van der Waals surface area (Å²) in [7, 11) is 0. The maximum absolute atomic E-state index is 5.68. The zero-order chi connectivity index (χ0) is 17.3. The lowest BCUT2D eigenvalue weighted by Gasteiger charge is -2.36. The summed E-state index contributed by atoms with van der Waals surface area (Å²) >= 11 is 0. The van der Waals surface area contributed by atoms with Gasteiger partial charge in [-0.15, -0.1) is 24.0 Å². The van der Waals surface area contributed by atoms with Gasteiger partial charge in [-0.05, 0) is 38.2 Å². The van der Waals surface area contributed by atoms with Crippen LogP contribution >= 0.6 is 24.0 Å². The highest BCUT2D eigenvalue weighted by Gasteiger charge is 2.21. The number of hydrogen-bond acceptors (Lipinski definition) is 5. The maximum atomic E-state index is 5.68. The largest absolute Gasteiger partial charge is 0.381 e. The van der Waals surface area contributed by atoms with E-state index in [0.717, 1.165) is 76.7 Å². The van der Waals surface area contributed by atoms with E-state index in [0.29, 0.717) is 0 Å². The van der Waals surface area contributed by atoms with Gasteiger partial charge in [0.15, 0.2) is 5.96 Å². The molecule has 2 aliphatic rings. The molecule has 1 saturated carbocycles. The molecule has 3 rings (SSSR count). The standard InChI is InChI=1S/C18H30N6O.HI/c1-2-19-17(22-9-4-14-25-15-16-5-6-16)23-10-12-24(13-11-23)18-20-7-3-8-21-18;/h3,7-8,16H,2,4-6,9-15H2,1H3,(H,19,22);1H. The maximum Gasteiger partial charge on any atom is 0.225 e. The molecule has 0 amide bonds. The quantitative estimate of drug-likeness (QED) is 0.269. The molecule has 146 valence electrons. The molecule has 1 aromatic rings. The first kappa shape index (κ1) is 21.1. The summed E-state index contributed by atoms with van der Waals surface area (Å²) in [5.74, 6) is 2.67. The number of anilines is 1. The van der Waals surface area contributed by atoms with Crippen LogP contribution in [0.5, 0.6) is 0 Å². The number of aliphatic imine (C=N–C) groups is 1. The van der Waals surface area contributed by atoms with Gasteiger partial charge in [-0.2, -0.15) is 0 Å². The van der Waals surface area contributed by atoms with Crippen LogP contribution in [0, 0.1) is 5.92 Å². The number of nitrogens with one attached hydrogen (secondary N) is 1. The summed E-state index contributed by atoms with van der Waals surface area (Å²) in [6, 6.07) is 1.85. The van der Waals surface area contributed by atoms with Crippen LogP contribution < -0.4 is 10.2 Å². The molecule has 26 heavy (non-hydrogen) atoms. The summed E-state index contributed by atoms with van der Waals surface area (Å²) in [6.45, 7) is 9.27. The zero-order valence-corrected chi connectivity index (χ0v) is 18.0. The van der Waals surface area contributed by atoms with Crippen molar-refractivity contribution in [3.05, 3.63) is 18.5 Å². The fourth-order valence-electron chi connectivity index (χ4n) is 2.88. The predicted molar refractivity (Wildman–Crippen MR) is 115 cm³/mol. The molecule has 2 fully saturated rings. The molecular weight excluding hydrogens is 443 g/mol. The highest BCUT2D eigenvalue weighted by molar-refractivity contribution is 14.0. The molecule has 0 atom stereocenters. The number of nitrogens with zero attached hydrogens (tertiary/aromatic N) is 5. The van der Waals surface area contributed by atoms with E-state index in [9.17, 15) is 0 Å². The molecule has 0 unspecified atom stereocenters. The van der Waals surface area contributed by atoms with Gasteiger partial charge >= 0.3 is 0 Å². The van der Waals surface area contributed by atoms with Gasteiger partial charge in [0.2, 0.25) is 5.95 Å². The molecule has 7 nitrogen and oxygen atoms in total. The minimum Gasteiger partial charge on any atom is -0.381 e. The van der Waals surface area contributed by atoms with Crippen molar-refractivity contribution in [3.8, 4) is 0 Å². The van der Waals surface area contributed by atoms with E-state index < -0.39 is 0 Å². The third kappa shape index (κ3) is 6.86. The van der Waals surface area contributed by atoms with Gasteiger partial charge < -0.3 is 19.9 Å². The van der Waals surface area contributed by atoms with Gasteiger partial charge in [0, 0.05) is 64.9 Å². The van der Waals surface area contributed by atoms with E-state index in [1.54, 1.807) is 12.4 Å². The first-order chi connectivity index (χ1) is 12.4. The summed E-state index contributed by atoms with van der Waals surface area (Å²) in [5, 5.41) is 3.41. The molecule has 1 aliphatic carbocycles. The lowest BCUT2D eigenvalue weighted by molar-refractivity contribution is 0.123. The molecule has 0 spiro atoms. The molecule has 0 bridgehead atoms. The van der Waals surface area contributed by atoms with Crippen molar-refractivity contribution in [1.29, 1.82) is 0 Å². The van der Waals surface area contributed by atoms with Crippen molar-refractivity contribution in [2.45, 2.75) is 26.2 Å². The van der Waals surface area contributed by atoms with Crippen molar-refractivity contribution in [2.24, 2.45) is 10.9 Å². The molecule has 0 radical (unpaired) electrons. The van der Waals surface area contributed by atoms with E-state index >= 15 is 0 Å². The van der Waals surface area contributed by atoms with Gasteiger partial charge in [0.25, 0.3) is 0 Å².